The lowest BCUT2D eigenvalue weighted by atomic mass is 10.1. The summed E-state index contributed by atoms with van der Waals surface area (Å²) in [7, 11) is 1.54. The molecule has 0 saturated carbocycles. The zero-order chi connectivity index (χ0) is 15.2. The molecule has 6 heteroatoms. The Morgan fingerprint density at radius 2 is 2.24 bits per heavy atom. The van der Waals surface area contributed by atoms with Crippen LogP contribution in [0.25, 0.3) is 6.08 Å². The number of amides is 2. The van der Waals surface area contributed by atoms with Gasteiger partial charge in [-0.25, -0.2) is 4.39 Å². The number of hydrogen-bond donors (Lipinski definition) is 1. The van der Waals surface area contributed by atoms with Gasteiger partial charge in [-0.1, -0.05) is 12.1 Å². The van der Waals surface area contributed by atoms with Crippen molar-refractivity contribution >= 4 is 17.9 Å². The molecule has 5 nitrogen and oxygen atoms in total. The molecule has 21 heavy (non-hydrogen) atoms. The molecule has 1 aromatic rings. The molecule has 0 radical (unpaired) electrons. The van der Waals surface area contributed by atoms with Gasteiger partial charge in [-0.2, -0.15) is 0 Å². The van der Waals surface area contributed by atoms with Crippen LogP contribution in [-0.2, 0) is 14.3 Å². The van der Waals surface area contributed by atoms with Crippen LogP contribution in [0.3, 0.4) is 0 Å². The Hall–Kier alpha value is -2.21. The Labute approximate surface area is 122 Å². The second kappa shape index (κ2) is 6.99. The van der Waals surface area contributed by atoms with Crippen LogP contribution in [0.15, 0.2) is 30.3 Å². The zero-order valence-electron chi connectivity index (χ0n) is 11.7. The highest BCUT2D eigenvalue weighted by molar-refractivity contribution is 5.92. The number of nitrogens with zero attached hydrogens (tertiary/aromatic N) is 1. The van der Waals surface area contributed by atoms with E-state index < -0.39 is 0 Å². The minimum atomic E-state index is -0.337. The van der Waals surface area contributed by atoms with E-state index >= 15 is 0 Å². The molecule has 1 fully saturated rings. The second-order valence-electron chi connectivity index (χ2n) is 4.74. The predicted molar refractivity (Wildman–Crippen MR) is 75.8 cm³/mol. The van der Waals surface area contributed by atoms with Crippen molar-refractivity contribution in [1.82, 2.24) is 10.2 Å². The number of carbonyl (C=O) groups is 2. The van der Waals surface area contributed by atoms with Gasteiger partial charge in [0.05, 0.1) is 6.10 Å². The lowest BCUT2D eigenvalue weighted by Gasteiger charge is -2.38. The first-order chi connectivity index (χ1) is 10.1. The van der Waals surface area contributed by atoms with Crippen LogP contribution in [0.5, 0.6) is 0 Å². The first kappa shape index (κ1) is 15.2. The van der Waals surface area contributed by atoms with Crippen molar-refractivity contribution < 1.29 is 18.7 Å². The number of likely N-dealkylation sites (N-methyl/N-ethyl adjacent to an activating group) is 1. The molecule has 0 aromatic heterocycles. The average Bonchev–Trinajstić information content (AvgIpc) is 2.43. The normalized spacial score (nSPS) is 15.0. The van der Waals surface area contributed by atoms with Crippen LogP contribution in [0.2, 0.25) is 0 Å². The van der Waals surface area contributed by atoms with Crippen LogP contribution in [0, 0.1) is 5.82 Å². The van der Waals surface area contributed by atoms with Crippen LogP contribution in [0.1, 0.15) is 5.56 Å². The van der Waals surface area contributed by atoms with Crippen molar-refractivity contribution in [3.63, 3.8) is 0 Å². The van der Waals surface area contributed by atoms with Gasteiger partial charge in [-0.15, -0.1) is 0 Å². The maximum Gasteiger partial charge on any atom is 0.246 e. The van der Waals surface area contributed by atoms with E-state index in [-0.39, 0.29) is 30.3 Å². The minimum Gasteiger partial charge on any atom is -0.365 e. The van der Waals surface area contributed by atoms with Crippen molar-refractivity contribution in [2.75, 3.05) is 26.7 Å². The summed E-state index contributed by atoms with van der Waals surface area (Å²) in [5.74, 6) is -0.680. The quantitative estimate of drug-likeness (QED) is 0.817. The van der Waals surface area contributed by atoms with E-state index in [4.69, 9.17) is 4.74 Å². The molecular formula is C15H17FN2O3. The van der Waals surface area contributed by atoms with Crippen LogP contribution in [0.4, 0.5) is 4.39 Å². The van der Waals surface area contributed by atoms with Gasteiger partial charge in [0.2, 0.25) is 11.8 Å². The molecule has 0 aliphatic carbocycles. The molecule has 0 unspecified atom stereocenters. The Bertz CT molecular complexity index is 554. The van der Waals surface area contributed by atoms with Crippen LogP contribution in [-0.4, -0.2) is 49.6 Å². The fraction of sp³-hybridized carbons (Fsp3) is 0.333. The fourth-order valence-electron chi connectivity index (χ4n) is 1.87. The summed E-state index contributed by atoms with van der Waals surface area (Å²) < 4.78 is 18.3. The van der Waals surface area contributed by atoms with Gasteiger partial charge in [-0.3, -0.25) is 9.59 Å². The summed E-state index contributed by atoms with van der Waals surface area (Å²) >= 11 is 0. The second-order valence-corrected chi connectivity index (χ2v) is 4.74. The van der Waals surface area contributed by atoms with E-state index in [9.17, 15) is 14.0 Å². The summed E-state index contributed by atoms with van der Waals surface area (Å²) in [6, 6.07) is 6.02. The lowest BCUT2D eigenvalue weighted by molar-refractivity contribution is -0.143. The number of hydrogen-bond acceptors (Lipinski definition) is 3. The summed E-state index contributed by atoms with van der Waals surface area (Å²) in [6.07, 6.45) is 2.88. The molecule has 0 atom stereocenters. The topological polar surface area (TPSA) is 58.6 Å². The highest BCUT2D eigenvalue weighted by Crippen LogP contribution is 2.13. The first-order valence-electron chi connectivity index (χ1n) is 6.63. The van der Waals surface area contributed by atoms with Crippen molar-refractivity contribution in [2.45, 2.75) is 6.10 Å². The lowest BCUT2D eigenvalue weighted by Crippen LogP contribution is -2.54. The maximum absolute atomic E-state index is 13.0. The number of likely N-dealkylation sites (tertiary alicyclic amines) is 1. The molecule has 1 aromatic carbocycles. The van der Waals surface area contributed by atoms with Crippen LogP contribution < -0.4 is 5.32 Å². The molecule has 1 aliphatic heterocycles. The van der Waals surface area contributed by atoms with E-state index in [1.165, 1.54) is 18.2 Å². The summed E-state index contributed by atoms with van der Waals surface area (Å²) in [5.41, 5.74) is 0.635. The average molecular weight is 292 g/mol. The Morgan fingerprint density at radius 1 is 1.48 bits per heavy atom. The standard InChI is InChI=1S/C15H17FN2O3/c1-17-14(19)10-21-13-8-18(9-13)15(20)6-5-11-3-2-4-12(16)7-11/h2-7,13H,8-10H2,1H3,(H,17,19)/b6-5+. The third-order valence-electron chi connectivity index (χ3n) is 3.16. The van der Waals surface area contributed by atoms with Gasteiger partial charge in [0.15, 0.2) is 0 Å². The van der Waals surface area contributed by atoms with Crippen molar-refractivity contribution in [3.8, 4) is 0 Å². The van der Waals surface area contributed by atoms with Gasteiger partial charge in [-0.05, 0) is 23.8 Å². The SMILES string of the molecule is CNC(=O)COC1CN(C(=O)/C=C/c2cccc(F)c2)C1. The molecule has 0 bridgehead atoms. The number of halogens is 1. The third-order valence-corrected chi connectivity index (χ3v) is 3.16. The molecule has 2 rings (SSSR count). The summed E-state index contributed by atoms with van der Waals surface area (Å²) in [6.45, 7) is 0.926. The van der Waals surface area contributed by atoms with Gasteiger partial charge >= 0.3 is 0 Å². The Kier molecular flexibility index (Phi) is 5.05. The molecule has 112 valence electrons. The van der Waals surface area contributed by atoms with E-state index in [1.54, 1.807) is 30.2 Å². The number of benzene rings is 1. The van der Waals surface area contributed by atoms with Crippen molar-refractivity contribution in [1.29, 1.82) is 0 Å². The maximum atomic E-state index is 13.0. The minimum absolute atomic E-state index is 0.00231. The van der Waals surface area contributed by atoms with E-state index in [1.807, 2.05) is 0 Å². The third kappa shape index (κ3) is 4.39. The fourth-order valence-corrected chi connectivity index (χ4v) is 1.87. The van der Waals surface area contributed by atoms with Gasteiger partial charge in [0.1, 0.15) is 12.4 Å². The Balaban J connectivity index is 1.75. The molecule has 2 amide bonds. The number of nitrogens with one attached hydrogen (secondary N) is 1. The Morgan fingerprint density at radius 3 is 2.90 bits per heavy atom. The molecule has 1 N–H and O–H groups in total. The highest BCUT2D eigenvalue weighted by atomic mass is 19.1. The largest absolute Gasteiger partial charge is 0.365 e. The van der Waals surface area contributed by atoms with E-state index in [0.29, 0.717) is 18.7 Å². The summed E-state index contributed by atoms with van der Waals surface area (Å²) in [4.78, 5) is 24.4. The first-order valence-corrected chi connectivity index (χ1v) is 6.63. The zero-order valence-corrected chi connectivity index (χ0v) is 11.7. The molecular weight excluding hydrogens is 275 g/mol. The smallest absolute Gasteiger partial charge is 0.246 e. The highest BCUT2D eigenvalue weighted by Gasteiger charge is 2.30. The number of carbonyl (C=O) groups excluding carboxylic acids is 2. The molecule has 1 saturated heterocycles. The van der Waals surface area contributed by atoms with Crippen LogP contribution >= 0.6 is 0 Å². The molecule has 0 spiro atoms. The summed E-state index contributed by atoms with van der Waals surface area (Å²) in [5, 5.41) is 2.46. The van der Waals surface area contributed by atoms with E-state index in [0.717, 1.165) is 0 Å². The van der Waals surface area contributed by atoms with Gasteiger partial charge in [0, 0.05) is 26.2 Å². The monoisotopic (exact) mass is 292 g/mol. The van der Waals surface area contributed by atoms with Crippen molar-refractivity contribution in [2.24, 2.45) is 0 Å². The van der Waals surface area contributed by atoms with E-state index in [2.05, 4.69) is 5.32 Å². The van der Waals surface area contributed by atoms with Gasteiger partial charge < -0.3 is 15.0 Å². The number of ether oxygens (including phenoxy) is 1. The predicted octanol–water partition coefficient (Wildman–Crippen LogP) is 0.812. The van der Waals surface area contributed by atoms with Crippen molar-refractivity contribution in [3.05, 3.63) is 41.7 Å². The molecule has 1 aliphatic rings. The van der Waals surface area contributed by atoms with Gasteiger partial charge in [0.25, 0.3) is 0 Å². The number of rotatable bonds is 5. The molecule has 1 heterocycles.